The number of hydrogen-bond donors (Lipinski definition) is 0. The van der Waals surface area contributed by atoms with Crippen molar-refractivity contribution in [1.82, 2.24) is 4.57 Å². The van der Waals surface area contributed by atoms with Crippen molar-refractivity contribution >= 4 is 39.3 Å². The molecule has 0 unspecified atom stereocenters. The highest BCUT2D eigenvalue weighted by Crippen LogP contribution is 2.32. The van der Waals surface area contributed by atoms with Gasteiger partial charge < -0.3 is 9.40 Å². The van der Waals surface area contributed by atoms with Crippen LogP contribution in [0.2, 0.25) is 0 Å². The van der Waals surface area contributed by atoms with E-state index in [1.54, 1.807) is 6.08 Å². The van der Waals surface area contributed by atoms with Gasteiger partial charge in [0.05, 0.1) is 5.71 Å². The van der Waals surface area contributed by atoms with Gasteiger partial charge in [-0.2, -0.15) is 0 Å². The van der Waals surface area contributed by atoms with Crippen LogP contribution in [0, 0.1) is 19.3 Å². The Bertz CT molecular complexity index is 1530. The van der Waals surface area contributed by atoms with Gasteiger partial charge in [-0.3, -0.25) is 4.79 Å². The minimum atomic E-state index is -0.485. The molecule has 0 amide bonds. The predicted octanol–water partition coefficient (Wildman–Crippen LogP) is 7.23. The summed E-state index contributed by atoms with van der Waals surface area (Å²) in [5.41, 5.74) is 5.85. The molecule has 0 atom stereocenters. The fourth-order valence-corrected chi connectivity index (χ4v) is 4.30. The first-order valence-electron chi connectivity index (χ1n) is 12.3. The van der Waals surface area contributed by atoms with Crippen LogP contribution in [0.4, 0.5) is 0 Å². The van der Waals surface area contributed by atoms with Gasteiger partial charge in [0.15, 0.2) is 5.78 Å². The van der Waals surface area contributed by atoms with Crippen molar-refractivity contribution in [3.8, 4) is 12.3 Å². The summed E-state index contributed by atoms with van der Waals surface area (Å²) >= 11 is 0. The summed E-state index contributed by atoms with van der Waals surface area (Å²) in [6.45, 7) is 11.4. The molecule has 0 aliphatic carbocycles. The number of ketones is 1. The Morgan fingerprint density at radius 2 is 1.65 bits per heavy atom. The van der Waals surface area contributed by atoms with Crippen LogP contribution in [-0.4, -0.2) is 22.0 Å². The number of carbonyl (C=O) groups excluding carboxylic acids is 2. The summed E-state index contributed by atoms with van der Waals surface area (Å²) in [5, 5.41) is 6.04. The zero-order valence-corrected chi connectivity index (χ0v) is 21.9. The summed E-state index contributed by atoms with van der Waals surface area (Å²) in [5.74, 6) is 2.13. The van der Waals surface area contributed by atoms with Gasteiger partial charge in [0.25, 0.3) is 0 Å². The van der Waals surface area contributed by atoms with Gasteiger partial charge in [-0.1, -0.05) is 41.6 Å². The molecule has 4 rings (SSSR count). The molecule has 5 heteroatoms. The van der Waals surface area contributed by atoms with Crippen LogP contribution in [0.25, 0.3) is 21.8 Å². The fourth-order valence-electron chi connectivity index (χ4n) is 4.30. The summed E-state index contributed by atoms with van der Waals surface area (Å²) < 4.78 is 2.22. The first kappa shape index (κ1) is 27.2. The number of terminal acetylenes is 1. The Hall–Kier alpha value is -4.43. The van der Waals surface area contributed by atoms with E-state index >= 15 is 0 Å². The highest BCUT2D eigenvalue weighted by molar-refractivity contribution is 6.16. The van der Waals surface area contributed by atoms with Crippen LogP contribution in [0.15, 0.2) is 78.5 Å². The van der Waals surface area contributed by atoms with Crippen molar-refractivity contribution in [3.63, 3.8) is 0 Å². The molecule has 0 N–H and O–H groups in total. The van der Waals surface area contributed by atoms with E-state index in [1.165, 1.54) is 6.92 Å². The van der Waals surface area contributed by atoms with Crippen molar-refractivity contribution in [3.05, 3.63) is 95.6 Å². The second kappa shape index (κ2) is 12.5. The van der Waals surface area contributed by atoms with Gasteiger partial charge in [-0.25, -0.2) is 4.79 Å². The van der Waals surface area contributed by atoms with E-state index in [9.17, 15) is 9.59 Å². The molecule has 0 aliphatic heterocycles. The number of aryl methyl sites for hydroxylation is 2. The van der Waals surface area contributed by atoms with Crippen LogP contribution < -0.4 is 0 Å². The van der Waals surface area contributed by atoms with Gasteiger partial charge in [0, 0.05) is 64.8 Å². The first-order chi connectivity index (χ1) is 17.9. The molecule has 1 heterocycles. The maximum atomic E-state index is 13.3. The maximum absolute atomic E-state index is 13.3. The average Bonchev–Trinajstić information content (AvgIpc) is 3.21. The number of allylic oxidation sites excluding steroid dienone is 1. The minimum absolute atomic E-state index is 0.000294. The fraction of sp³-hybridized carbons (Fsp3) is 0.219. The predicted molar refractivity (Wildman–Crippen MR) is 152 cm³/mol. The van der Waals surface area contributed by atoms with E-state index in [4.69, 9.17) is 11.3 Å². The van der Waals surface area contributed by atoms with Crippen molar-refractivity contribution in [2.45, 2.75) is 47.1 Å². The zero-order chi connectivity index (χ0) is 26.9. The molecule has 0 spiro atoms. The Balaban J connectivity index is 0.00000121. The van der Waals surface area contributed by atoms with Crippen molar-refractivity contribution in [2.75, 3.05) is 0 Å². The number of fused-ring (bicyclic) bond motifs is 3. The SMILES string of the molecule is C#CCC/C(=N\OC(C)=O)c1ccc2c(c1)c1cc(C(=O)c3ccccc3C)ccc1n2CC.C=CC. The molecule has 0 bridgehead atoms. The van der Waals surface area contributed by atoms with Crippen LogP contribution in [0.3, 0.4) is 0 Å². The van der Waals surface area contributed by atoms with E-state index in [2.05, 4.69) is 29.1 Å². The molecular formula is C32H32N2O3. The van der Waals surface area contributed by atoms with Gasteiger partial charge >= 0.3 is 5.97 Å². The van der Waals surface area contributed by atoms with E-state index in [-0.39, 0.29) is 5.78 Å². The molecule has 5 nitrogen and oxygen atoms in total. The lowest BCUT2D eigenvalue weighted by atomic mass is 9.97. The first-order valence-corrected chi connectivity index (χ1v) is 12.3. The third-order valence-electron chi connectivity index (χ3n) is 5.96. The molecule has 0 saturated carbocycles. The van der Waals surface area contributed by atoms with Crippen molar-refractivity contribution < 1.29 is 14.4 Å². The zero-order valence-electron chi connectivity index (χ0n) is 21.9. The smallest absolute Gasteiger partial charge is 0.331 e. The lowest BCUT2D eigenvalue weighted by molar-refractivity contribution is -0.140. The topological polar surface area (TPSA) is 60.7 Å². The quantitative estimate of drug-likeness (QED) is 0.0683. The number of carbonyl (C=O) groups is 2. The van der Waals surface area contributed by atoms with Crippen molar-refractivity contribution in [2.24, 2.45) is 5.16 Å². The highest BCUT2D eigenvalue weighted by Gasteiger charge is 2.17. The van der Waals surface area contributed by atoms with Gasteiger partial charge in [-0.15, -0.1) is 18.9 Å². The summed E-state index contributed by atoms with van der Waals surface area (Å²) in [4.78, 5) is 29.5. The lowest BCUT2D eigenvalue weighted by Crippen LogP contribution is -2.04. The Morgan fingerprint density at radius 3 is 2.22 bits per heavy atom. The molecule has 1 aromatic heterocycles. The molecule has 0 radical (unpaired) electrons. The number of rotatable bonds is 7. The third-order valence-corrected chi connectivity index (χ3v) is 5.96. The third kappa shape index (κ3) is 6.05. The second-order valence-electron chi connectivity index (χ2n) is 8.59. The number of nitrogens with zero attached hydrogens (tertiary/aromatic N) is 2. The van der Waals surface area contributed by atoms with E-state index < -0.39 is 5.97 Å². The van der Waals surface area contributed by atoms with E-state index in [0.29, 0.717) is 29.7 Å². The Labute approximate surface area is 218 Å². The van der Waals surface area contributed by atoms with Gasteiger partial charge in [0.1, 0.15) is 0 Å². The van der Waals surface area contributed by atoms with Crippen LogP contribution in [0.5, 0.6) is 0 Å². The second-order valence-corrected chi connectivity index (χ2v) is 8.59. The van der Waals surface area contributed by atoms with E-state index in [0.717, 1.165) is 39.5 Å². The maximum Gasteiger partial charge on any atom is 0.331 e. The molecule has 0 fully saturated rings. The monoisotopic (exact) mass is 492 g/mol. The Kier molecular flexibility index (Phi) is 9.18. The molecule has 188 valence electrons. The largest absolute Gasteiger partial charge is 0.341 e. The summed E-state index contributed by atoms with van der Waals surface area (Å²) in [6.07, 6.45) is 8.16. The summed E-state index contributed by atoms with van der Waals surface area (Å²) in [6, 6.07) is 19.5. The van der Waals surface area contributed by atoms with Crippen LogP contribution in [-0.2, 0) is 16.2 Å². The summed E-state index contributed by atoms with van der Waals surface area (Å²) in [7, 11) is 0. The van der Waals surface area contributed by atoms with E-state index in [1.807, 2.05) is 74.5 Å². The average molecular weight is 493 g/mol. The standard InChI is InChI=1S/C29H26N2O3.C3H6/c1-5-7-12-26(30-34-20(4)32)21-13-15-27-24(17-21)25-18-22(14-16-28(25)31(27)6-2)29(33)23-11-9-8-10-19(23)3;1-3-2/h1,8-11,13-18H,6-7,12H2,2-4H3;3H,1H2,2H3/b30-26+;. The molecule has 0 saturated heterocycles. The normalized spacial score (nSPS) is 10.9. The van der Waals surface area contributed by atoms with Crippen LogP contribution >= 0.6 is 0 Å². The van der Waals surface area contributed by atoms with Gasteiger partial charge in [-0.05, 0) is 56.7 Å². The molecule has 3 aromatic carbocycles. The van der Waals surface area contributed by atoms with Crippen LogP contribution in [0.1, 0.15) is 60.7 Å². The molecule has 37 heavy (non-hydrogen) atoms. The Morgan fingerprint density at radius 1 is 1.05 bits per heavy atom. The number of aromatic nitrogens is 1. The number of benzene rings is 3. The molecular weight excluding hydrogens is 460 g/mol. The minimum Gasteiger partial charge on any atom is -0.341 e. The van der Waals surface area contributed by atoms with Crippen molar-refractivity contribution in [1.29, 1.82) is 0 Å². The number of hydrogen-bond acceptors (Lipinski definition) is 4. The lowest BCUT2D eigenvalue weighted by Gasteiger charge is -2.06. The number of oxime groups is 1. The molecule has 4 aromatic rings. The highest BCUT2D eigenvalue weighted by atomic mass is 16.7. The molecule has 0 aliphatic rings. The van der Waals surface area contributed by atoms with Gasteiger partial charge in [0.2, 0.25) is 0 Å².